The van der Waals surface area contributed by atoms with Crippen LogP contribution in [-0.2, 0) is 6.54 Å². The summed E-state index contributed by atoms with van der Waals surface area (Å²) in [6, 6.07) is 6.76. The van der Waals surface area contributed by atoms with E-state index in [1.807, 2.05) is 6.92 Å². The maximum Gasteiger partial charge on any atom is 0.268 e. The molecule has 7 nitrogen and oxygen atoms in total. The molecule has 0 saturated carbocycles. The number of aryl methyl sites for hydroxylation is 2. The van der Waals surface area contributed by atoms with Crippen molar-refractivity contribution < 1.29 is 9.18 Å². The quantitative estimate of drug-likeness (QED) is 0.749. The van der Waals surface area contributed by atoms with Gasteiger partial charge >= 0.3 is 0 Å². The molecule has 0 aliphatic rings. The summed E-state index contributed by atoms with van der Waals surface area (Å²) in [5.74, 6) is -0.281. The Hall–Kier alpha value is -3.29. The van der Waals surface area contributed by atoms with Gasteiger partial charge in [0.15, 0.2) is 0 Å². The number of carbonyl (C=O) groups excluding carboxylic acids is 1. The summed E-state index contributed by atoms with van der Waals surface area (Å²) < 4.78 is 16.2. The molecule has 2 heterocycles. The molecule has 1 amide bonds. The molecule has 2 aromatic heterocycles. The van der Waals surface area contributed by atoms with Crippen LogP contribution in [-0.4, -0.2) is 25.2 Å². The van der Waals surface area contributed by atoms with Gasteiger partial charge in [-0.15, -0.1) is 0 Å². The molecule has 1 aromatic carbocycles. The van der Waals surface area contributed by atoms with E-state index in [1.165, 1.54) is 35.2 Å². The molecule has 1 atom stereocenters. The topological polar surface area (TPSA) is 81.8 Å². The van der Waals surface area contributed by atoms with Crippen LogP contribution in [0.1, 0.15) is 41.6 Å². The number of halogens is 1. The molecule has 0 aliphatic carbocycles. The van der Waals surface area contributed by atoms with E-state index in [0.29, 0.717) is 23.6 Å². The van der Waals surface area contributed by atoms with Gasteiger partial charge in [-0.1, -0.05) is 0 Å². The zero-order valence-corrected chi connectivity index (χ0v) is 15.3. The largest absolute Gasteiger partial charge is 0.342 e. The number of amides is 1. The maximum atomic E-state index is 13.1. The molecule has 27 heavy (non-hydrogen) atoms. The summed E-state index contributed by atoms with van der Waals surface area (Å²) in [6.07, 6.45) is 3.00. The number of aromatic nitrogens is 4. The van der Waals surface area contributed by atoms with Crippen molar-refractivity contribution in [3.8, 4) is 5.69 Å². The summed E-state index contributed by atoms with van der Waals surface area (Å²) in [4.78, 5) is 29.8. The smallest absolute Gasteiger partial charge is 0.268 e. The molecule has 0 aliphatic heterocycles. The van der Waals surface area contributed by atoms with E-state index in [0.717, 1.165) is 0 Å². The second-order valence-electron chi connectivity index (χ2n) is 6.15. The number of nitrogens with zero attached hydrogens (tertiary/aromatic N) is 4. The normalized spacial score (nSPS) is 12.0. The molecule has 1 unspecified atom stereocenters. The first-order chi connectivity index (χ1) is 12.9. The fourth-order valence-electron chi connectivity index (χ4n) is 2.89. The van der Waals surface area contributed by atoms with Gasteiger partial charge in [-0.25, -0.2) is 14.1 Å². The Morgan fingerprint density at radius 3 is 2.63 bits per heavy atom. The average Bonchev–Trinajstić information content (AvgIpc) is 3.12. The van der Waals surface area contributed by atoms with Gasteiger partial charge in [0.1, 0.15) is 23.5 Å². The van der Waals surface area contributed by atoms with E-state index in [9.17, 15) is 14.0 Å². The Kier molecular flexibility index (Phi) is 5.16. The van der Waals surface area contributed by atoms with E-state index in [4.69, 9.17) is 0 Å². The van der Waals surface area contributed by atoms with Crippen molar-refractivity contribution >= 4 is 5.91 Å². The minimum atomic E-state index is -0.493. The minimum absolute atomic E-state index is 0.0382. The molecule has 1 N–H and O–H groups in total. The van der Waals surface area contributed by atoms with Crippen LogP contribution in [0.25, 0.3) is 5.69 Å². The van der Waals surface area contributed by atoms with Crippen LogP contribution >= 0.6 is 0 Å². The zero-order chi connectivity index (χ0) is 19.6. The third-order valence-corrected chi connectivity index (χ3v) is 4.31. The van der Waals surface area contributed by atoms with Gasteiger partial charge in [0, 0.05) is 18.4 Å². The second-order valence-corrected chi connectivity index (χ2v) is 6.15. The molecular formula is C19H20FN5O2. The number of hydrogen-bond donors (Lipinski definition) is 1. The molecule has 3 rings (SSSR count). The van der Waals surface area contributed by atoms with Gasteiger partial charge < -0.3 is 5.32 Å². The summed E-state index contributed by atoms with van der Waals surface area (Å²) in [6.45, 7) is 6.03. The lowest BCUT2D eigenvalue weighted by Gasteiger charge is -2.15. The lowest BCUT2D eigenvalue weighted by molar-refractivity contribution is 0.0935. The Bertz CT molecular complexity index is 1020. The van der Waals surface area contributed by atoms with Gasteiger partial charge in [-0.2, -0.15) is 5.10 Å². The Labute approximate surface area is 155 Å². The van der Waals surface area contributed by atoms with Gasteiger partial charge in [-0.3, -0.25) is 14.2 Å². The summed E-state index contributed by atoms with van der Waals surface area (Å²) >= 11 is 0. The van der Waals surface area contributed by atoms with E-state index in [-0.39, 0.29) is 5.56 Å². The number of benzene rings is 1. The predicted molar refractivity (Wildman–Crippen MR) is 98.3 cm³/mol. The number of hydrogen-bond acceptors (Lipinski definition) is 4. The first-order valence-electron chi connectivity index (χ1n) is 8.59. The molecule has 0 spiro atoms. The SMILES string of the molecule is CCn1ncnc1C(C)NC(=O)c1c(C)ccn(-c2ccc(F)cc2)c1=O. The monoisotopic (exact) mass is 369 g/mol. The maximum absolute atomic E-state index is 13.1. The van der Waals surface area contributed by atoms with Crippen molar-refractivity contribution in [1.29, 1.82) is 0 Å². The number of pyridine rings is 1. The zero-order valence-electron chi connectivity index (χ0n) is 15.3. The van der Waals surface area contributed by atoms with Crippen molar-refractivity contribution in [3.05, 3.63) is 76.0 Å². The minimum Gasteiger partial charge on any atom is -0.342 e. The number of rotatable bonds is 5. The van der Waals surface area contributed by atoms with Crippen LogP contribution in [0.4, 0.5) is 4.39 Å². The van der Waals surface area contributed by atoms with Gasteiger partial charge in [0.05, 0.1) is 6.04 Å². The second kappa shape index (κ2) is 7.53. The summed E-state index contributed by atoms with van der Waals surface area (Å²) in [7, 11) is 0. The van der Waals surface area contributed by atoms with Crippen molar-refractivity contribution in [3.63, 3.8) is 0 Å². The van der Waals surface area contributed by atoms with Crippen LogP contribution in [0.5, 0.6) is 0 Å². The highest BCUT2D eigenvalue weighted by Gasteiger charge is 2.21. The fraction of sp³-hybridized carbons (Fsp3) is 0.263. The first kappa shape index (κ1) is 18.5. The van der Waals surface area contributed by atoms with Crippen molar-refractivity contribution in [2.45, 2.75) is 33.4 Å². The molecule has 140 valence electrons. The van der Waals surface area contributed by atoms with E-state index in [1.54, 1.807) is 30.8 Å². The molecule has 8 heteroatoms. The van der Waals surface area contributed by atoms with Crippen molar-refractivity contribution in [1.82, 2.24) is 24.6 Å². The Morgan fingerprint density at radius 2 is 1.96 bits per heavy atom. The lowest BCUT2D eigenvalue weighted by atomic mass is 10.1. The van der Waals surface area contributed by atoms with Gasteiger partial charge in [0.2, 0.25) is 0 Å². The third-order valence-electron chi connectivity index (χ3n) is 4.31. The number of carbonyl (C=O) groups is 1. The van der Waals surface area contributed by atoms with E-state index >= 15 is 0 Å². The standard InChI is InChI=1S/C19H20FN5O2/c1-4-25-17(21-11-22-25)13(3)23-18(26)16-12(2)9-10-24(19(16)27)15-7-5-14(20)6-8-15/h5-11,13H,4H2,1-3H3,(H,23,26). The Balaban J connectivity index is 1.94. The lowest BCUT2D eigenvalue weighted by Crippen LogP contribution is -2.35. The average molecular weight is 369 g/mol. The van der Waals surface area contributed by atoms with Crippen LogP contribution in [0.3, 0.4) is 0 Å². The van der Waals surface area contributed by atoms with E-state index in [2.05, 4.69) is 15.4 Å². The molecule has 3 aromatic rings. The number of nitrogens with one attached hydrogen (secondary N) is 1. The van der Waals surface area contributed by atoms with Crippen LogP contribution in [0, 0.1) is 12.7 Å². The predicted octanol–water partition coefficient (Wildman–Crippen LogP) is 2.39. The van der Waals surface area contributed by atoms with Crippen molar-refractivity contribution in [2.75, 3.05) is 0 Å². The molecule has 0 saturated heterocycles. The van der Waals surface area contributed by atoms with Gasteiger partial charge in [0.25, 0.3) is 11.5 Å². The summed E-state index contributed by atoms with van der Waals surface area (Å²) in [5, 5.41) is 6.90. The van der Waals surface area contributed by atoms with Crippen LogP contribution < -0.4 is 10.9 Å². The van der Waals surface area contributed by atoms with Crippen LogP contribution in [0.2, 0.25) is 0 Å². The highest BCUT2D eigenvalue weighted by Crippen LogP contribution is 2.12. The highest BCUT2D eigenvalue weighted by molar-refractivity contribution is 5.95. The summed E-state index contributed by atoms with van der Waals surface area (Å²) in [5.41, 5.74) is 0.605. The molecule has 0 bridgehead atoms. The highest BCUT2D eigenvalue weighted by atomic mass is 19.1. The molecule has 0 radical (unpaired) electrons. The van der Waals surface area contributed by atoms with E-state index < -0.39 is 23.3 Å². The molecular weight excluding hydrogens is 349 g/mol. The first-order valence-corrected chi connectivity index (χ1v) is 8.59. The third kappa shape index (κ3) is 3.64. The van der Waals surface area contributed by atoms with Crippen molar-refractivity contribution in [2.24, 2.45) is 0 Å². The van der Waals surface area contributed by atoms with Gasteiger partial charge in [-0.05, 0) is 56.7 Å². The fourth-order valence-corrected chi connectivity index (χ4v) is 2.89. The van der Waals surface area contributed by atoms with Crippen LogP contribution in [0.15, 0.2) is 47.7 Å². The Morgan fingerprint density at radius 1 is 1.26 bits per heavy atom. The molecule has 0 fully saturated rings.